The smallest absolute Gasteiger partial charge is 0.229 e. The fourth-order valence-electron chi connectivity index (χ4n) is 5.89. The van der Waals surface area contributed by atoms with Crippen molar-refractivity contribution in [3.8, 4) is 0 Å². The van der Waals surface area contributed by atoms with Crippen LogP contribution < -0.4 is 5.32 Å². The summed E-state index contributed by atoms with van der Waals surface area (Å²) in [6.07, 6.45) is 7.70. The number of nitrogens with one attached hydrogen (secondary N) is 1. The molecule has 3 fully saturated rings. The normalized spacial score (nSPS) is 28.9. The van der Waals surface area contributed by atoms with Crippen molar-refractivity contribution in [2.24, 2.45) is 5.92 Å². The number of carbonyl (C=O) groups excluding carboxylic acids is 1. The molecule has 2 N–H and O–H groups in total. The van der Waals surface area contributed by atoms with Crippen LogP contribution >= 0.6 is 11.6 Å². The Morgan fingerprint density at radius 2 is 2.06 bits per heavy atom. The van der Waals surface area contributed by atoms with E-state index in [1.807, 2.05) is 30.5 Å². The zero-order chi connectivity index (χ0) is 24.9. The molecule has 7 nitrogen and oxygen atoms in total. The summed E-state index contributed by atoms with van der Waals surface area (Å²) in [7, 11) is 0. The predicted octanol–water partition coefficient (Wildman–Crippen LogP) is 4.35. The minimum atomic E-state index is -0.449. The Morgan fingerprint density at radius 1 is 1.22 bits per heavy atom. The summed E-state index contributed by atoms with van der Waals surface area (Å²) in [6, 6.07) is 10.0. The highest BCUT2D eigenvalue weighted by atomic mass is 35.5. The van der Waals surface area contributed by atoms with Gasteiger partial charge in [0.05, 0.1) is 24.9 Å². The number of fused-ring (bicyclic) bond motifs is 1. The first-order valence-corrected chi connectivity index (χ1v) is 13.1. The number of nitrogens with zero attached hydrogens (tertiary/aromatic N) is 3. The molecule has 3 aliphatic rings. The zero-order valence-electron chi connectivity index (χ0n) is 20.4. The van der Waals surface area contributed by atoms with Crippen molar-refractivity contribution >= 4 is 34.1 Å². The molecule has 1 saturated carbocycles. The lowest BCUT2D eigenvalue weighted by Crippen LogP contribution is -2.56. The molecule has 3 aromatic rings. The molecule has 0 unspecified atom stereocenters. The maximum atomic E-state index is 12.8. The Balaban J connectivity index is 1.15. The number of carbonyl (C=O) groups is 1. The minimum absolute atomic E-state index is 0.00355. The number of aliphatic hydroxyl groups excluding tert-OH is 1. The topological polar surface area (TPSA) is 87.6 Å². The van der Waals surface area contributed by atoms with Crippen molar-refractivity contribution in [1.29, 1.82) is 0 Å². The number of benzene rings is 1. The fraction of sp³-hybridized carbons (Fsp3) is 0.464. The number of piperidine rings is 1. The zero-order valence-corrected chi connectivity index (χ0v) is 21.1. The van der Waals surface area contributed by atoms with Gasteiger partial charge in [-0.05, 0) is 91.9 Å². The average Bonchev–Trinajstić information content (AvgIpc) is 3.63. The average molecular weight is 507 g/mol. The quantitative estimate of drug-likeness (QED) is 0.535. The van der Waals surface area contributed by atoms with Crippen LogP contribution in [0.5, 0.6) is 0 Å². The molecule has 6 rings (SSSR count). The number of anilines is 1. The summed E-state index contributed by atoms with van der Waals surface area (Å²) in [5, 5.41) is 16.2. The van der Waals surface area contributed by atoms with E-state index in [0.717, 1.165) is 59.3 Å². The molecule has 1 amide bonds. The van der Waals surface area contributed by atoms with E-state index in [9.17, 15) is 9.90 Å². The number of aromatic nitrogens is 2. The van der Waals surface area contributed by atoms with Crippen LogP contribution in [0.3, 0.4) is 0 Å². The van der Waals surface area contributed by atoms with Crippen LogP contribution in [-0.2, 0) is 9.53 Å². The number of ether oxygens (including phenoxy) is 1. The minimum Gasteiger partial charge on any atom is -0.389 e. The molecule has 1 aliphatic carbocycles. The van der Waals surface area contributed by atoms with E-state index in [0.29, 0.717) is 24.9 Å². The third-order valence-corrected chi connectivity index (χ3v) is 8.70. The second kappa shape index (κ2) is 9.38. The Morgan fingerprint density at radius 3 is 2.78 bits per heavy atom. The molecule has 2 aromatic heterocycles. The van der Waals surface area contributed by atoms with Gasteiger partial charge in [0.2, 0.25) is 5.91 Å². The summed E-state index contributed by atoms with van der Waals surface area (Å²) in [5.74, 6) is 1.11. The summed E-state index contributed by atoms with van der Waals surface area (Å²) in [5.41, 5.74) is 1.94. The maximum absolute atomic E-state index is 12.8. The SMILES string of the molecule is C[C@]1(N2CCC(c3cc4cc(NC(=O)[C@H]5C[C@@H]5c5cccnc5)ncc4cc3Cl)CC2)COC[C@H]1O. The van der Waals surface area contributed by atoms with E-state index < -0.39 is 6.10 Å². The van der Waals surface area contributed by atoms with Crippen molar-refractivity contribution in [3.05, 3.63) is 65.1 Å². The second-order valence-corrected chi connectivity index (χ2v) is 11.1. The Labute approximate surface area is 215 Å². The van der Waals surface area contributed by atoms with Gasteiger partial charge in [-0.15, -0.1) is 0 Å². The molecule has 2 saturated heterocycles. The Hall–Kier alpha value is -2.58. The number of hydrogen-bond acceptors (Lipinski definition) is 6. The number of rotatable bonds is 5. The van der Waals surface area contributed by atoms with Crippen molar-refractivity contribution < 1.29 is 14.6 Å². The highest BCUT2D eigenvalue weighted by Crippen LogP contribution is 2.47. The van der Waals surface area contributed by atoms with E-state index in [-0.39, 0.29) is 23.3 Å². The second-order valence-electron chi connectivity index (χ2n) is 10.7. The van der Waals surface area contributed by atoms with Crippen molar-refractivity contribution in [2.45, 2.75) is 49.7 Å². The van der Waals surface area contributed by atoms with Gasteiger partial charge in [0.25, 0.3) is 0 Å². The van der Waals surface area contributed by atoms with Crippen LogP contribution in [0.15, 0.2) is 48.9 Å². The molecular formula is C28H31ClN4O3. The van der Waals surface area contributed by atoms with Gasteiger partial charge in [-0.3, -0.25) is 14.7 Å². The van der Waals surface area contributed by atoms with E-state index in [1.54, 1.807) is 12.4 Å². The van der Waals surface area contributed by atoms with E-state index in [1.165, 1.54) is 0 Å². The number of amides is 1. The molecule has 0 bridgehead atoms. The predicted molar refractivity (Wildman–Crippen MR) is 139 cm³/mol. The van der Waals surface area contributed by atoms with Crippen molar-refractivity contribution in [2.75, 3.05) is 31.6 Å². The molecule has 4 atom stereocenters. The molecule has 8 heteroatoms. The van der Waals surface area contributed by atoms with Crippen LogP contribution in [0, 0.1) is 5.92 Å². The van der Waals surface area contributed by atoms with E-state index in [4.69, 9.17) is 16.3 Å². The molecule has 0 radical (unpaired) electrons. The molecular weight excluding hydrogens is 476 g/mol. The standard InChI is InChI=1S/C28H31ClN4O3/c1-28(16-36-15-25(28)34)33-7-4-17(5-8-33)22-9-19-11-26(31-14-20(19)10-24(22)29)32-27(35)23-12-21(23)18-3-2-6-30-13-18/h2-3,6,9-11,13-14,17,21,23,25,34H,4-5,7-8,12,15-16H2,1H3,(H,31,32,35)/t21-,23+,25-,28+/m1/s1. The lowest BCUT2D eigenvalue weighted by atomic mass is 9.85. The van der Waals surface area contributed by atoms with Gasteiger partial charge in [0, 0.05) is 34.9 Å². The first-order chi connectivity index (χ1) is 17.4. The van der Waals surface area contributed by atoms with E-state index in [2.05, 4.69) is 33.2 Å². The first kappa shape index (κ1) is 23.8. The van der Waals surface area contributed by atoms with Gasteiger partial charge in [-0.2, -0.15) is 0 Å². The highest BCUT2D eigenvalue weighted by Gasteiger charge is 2.45. The van der Waals surface area contributed by atoms with Crippen LogP contribution in [0.4, 0.5) is 5.82 Å². The molecule has 4 heterocycles. The van der Waals surface area contributed by atoms with Gasteiger partial charge >= 0.3 is 0 Å². The molecule has 188 valence electrons. The maximum Gasteiger partial charge on any atom is 0.229 e. The number of hydrogen-bond donors (Lipinski definition) is 2. The van der Waals surface area contributed by atoms with Crippen molar-refractivity contribution in [3.63, 3.8) is 0 Å². The van der Waals surface area contributed by atoms with Gasteiger partial charge in [0.15, 0.2) is 0 Å². The molecule has 2 aliphatic heterocycles. The number of likely N-dealkylation sites (tertiary alicyclic amines) is 1. The Kier molecular flexibility index (Phi) is 6.20. The van der Waals surface area contributed by atoms with E-state index >= 15 is 0 Å². The van der Waals surface area contributed by atoms with Gasteiger partial charge < -0.3 is 15.2 Å². The molecule has 1 aromatic carbocycles. The van der Waals surface area contributed by atoms with Crippen molar-refractivity contribution in [1.82, 2.24) is 14.9 Å². The number of halogens is 1. The number of pyridine rings is 2. The number of aliphatic hydroxyl groups is 1. The Bertz CT molecular complexity index is 1280. The largest absolute Gasteiger partial charge is 0.389 e. The van der Waals surface area contributed by atoms with Crippen LogP contribution in [0.25, 0.3) is 10.8 Å². The monoisotopic (exact) mass is 506 g/mol. The first-order valence-electron chi connectivity index (χ1n) is 12.7. The van der Waals surface area contributed by atoms with Crippen LogP contribution in [0.2, 0.25) is 5.02 Å². The summed E-state index contributed by atoms with van der Waals surface area (Å²) < 4.78 is 5.54. The van der Waals surface area contributed by atoms with Crippen LogP contribution in [0.1, 0.15) is 49.1 Å². The fourth-order valence-corrected chi connectivity index (χ4v) is 6.21. The third-order valence-electron chi connectivity index (χ3n) is 8.37. The van der Waals surface area contributed by atoms with Gasteiger partial charge in [-0.25, -0.2) is 4.98 Å². The van der Waals surface area contributed by atoms with Gasteiger partial charge in [0.1, 0.15) is 5.82 Å². The van der Waals surface area contributed by atoms with Crippen LogP contribution in [-0.4, -0.2) is 63.8 Å². The lowest BCUT2D eigenvalue weighted by molar-refractivity contribution is -0.117. The molecule has 0 spiro atoms. The molecule has 36 heavy (non-hydrogen) atoms. The summed E-state index contributed by atoms with van der Waals surface area (Å²) >= 11 is 6.72. The summed E-state index contributed by atoms with van der Waals surface area (Å²) in [6.45, 7) is 4.86. The summed E-state index contributed by atoms with van der Waals surface area (Å²) in [4.78, 5) is 23.8. The highest BCUT2D eigenvalue weighted by molar-refractivity contribution is 6.32. The van der Waals surface area contributed by atoms with Gasteiger partial charge in [-0.1, -0.05) is 17.7 Å². The lowest BCUT2D eigenvalue weighted by Gasteiger charge is -2.43. The third kappa shape index (κ3) is 4.39.